The Morgan fingerprint density at radius 1 is 1.37 bits per heavy atom. The molecule has 1 heterocycles. The molecule has 0 aromatic carbocycles. The fourth-order valence-corrected chi connectivity index (χ4v) is 4.83. The van der Waals surface area contributed by atoms with Gasteiger partial charge in [-0.05, 0) is 18.9 Å². The topological polar surface area (TPSA) is 146 Å². The molecule has 162 valence electrons. The maximum absolute atomic E-state index is 13.3. The minimum absolute atomic E-state index is 0.0893. The van der Waals surface area contributed by atoms with Crippen molar-refractivity contribution in [3.05, 3.63) is 30.2 Å². The van der Waals surface area contributed by atoms with E-state index in [-0.39, 0.29) is 19.3 Å². The van der Waals surface area contributed by atoms with Crippen molar-refractivity contribution in [2.45, 2.75) is 37.8 Å². The van der Waals surface area contributed by atoms with Crippen LogP contribution in [0.2, 0.25) is 0 Å². The van der Waals surface area contributed by atoms with Crippen LogP contribution in [0.3, 0.4) is 0 Å². The van der Waals surface area contributed by atoms with E-state index in [1.807, 2.05) is 0 Å². The minimum atomic E-state index is -1.31. The van der Waals surface area contributed by atoms with Crippen molar-refractivity contribution in [1.29, 1.82) is 0 Å². The van der Waals surface area contributed by atoms with Gasteiger partial charge in [-0.15, -0.1) is 0 Å². The average Bonchev–Trinajstić information content (AvgIpc) is 3.20. The molecular weight excluding hydrogens is 394 g/mol. The van der Waals surface area contributed by atoms with Gasteiger partial charge in [-0.1, -0.05) is 12.2 Å². The van der Waals surface area contributed by atoms with E-state index in [0.29, 0.717) is 5.56 Å². The Morgan fingerprint density at radius 3 is 2.67 bits per heavy atom. The van der Waals surface area contributed by atoms with Crippen molar-refractivity contribution in [3.63, 3.8) is 0 Å². The first-order chi connectivity index (χ1) is 14.2. The third-order valence-corrected chi connectivity index (χ3v) is 6.20. The van der Waals surface area contributed by atoms with Crippen LogP contribution < -0.4 is 5.73 Å². The SMILES string of the molecule is COC(=O)[C@@H]1C[C@H](OC(C)=O)C(=O)C2[C@@H](/C=C/c3ccoc3)C(C(=O)O)CC[C@]21N. The van der Waals surface area contributed by atoms with Gasteiger partial charge in [0.25, 0.3) is 0 Å². The minimum Gasteiger partial charge on any atom is -0.481 e. The number of nitrogens with two attached hydrogens (primary N) is 1. The highest BCUT2D eigenvalue weighted by Gasteiger charge is 2.62. The molecule has 3 rings (SSSR count). The summed E-state index contributed by atoms with van der Waals surface area (Å²) in [4.78, 5) is 49.4. The van der Waals surface area contributed by atoms with Gasteiger partial charge in [0.2, 0.25) is 0 Å². The number of allylic oxidation sites excluding steroid dienone is 1. The van der Waals surface area contributed by atoms with Gasteiger partial charge >= 0.3 is 17.9 Å². The number of carbonyl (C=O) groups is 4. The van der Waals surface area contributed by atoms with Gasteiger partial charge in [-0.2, -0.15) is 0 Å². The van der Waals surface area contributed by atoms with Crippen LogP contribution in [0.5, 0.6) is 0 Å². The number of carboxylic acids is 1. The van der Waals surface area contributed by atoms with Gasteiger partial charge in [0, 0.05) is 36.3 Å². The van der Waals surface area contributed by atoms with Crippen LogP contribution in [0.15, 0.2) is 29.1 Å². The molecule has 0 spiro atoms. The van der Waals surface area contributed by atoms with Crippen LogP contribution in [-0.2, 0) is 28.7 Å². The third-order valence-electron chi connectivity index (χ3n) is 6.20. The second-order valence-corrected chi connectivity index (χ2v) is 7.88. The molecule has 6 atom stereocenters. The lowest BCUT2D eigenvalue weighted by Gasteiger charge is -2.53. The fourth-order valence-electron chi connectivity index (χ4n) is 4.83. The molecule has 3 N–H and O–H groups in total. The Balaban J connectivity index is 2.07. The molecule has 0 radical (unpaired) electrons. The zero-order chi connectivity index (χ0) is 22.1. The molecule has 2 saturated carbocycles. The van der Waals surface area contributed by atoms with Crippen LogP contribution in [0.1, 0.15) is 31.7 Å². The van der Waals surface area contributed by atoms with Crippen LogP contribution in [0, 0.1) is 23.7 Å². The summed E-state index contributed by atoms with van der Waals surface area (Å²) in [6, 6.07) is 1.69. The normalized spacial score (nSPS) is 33.7. The Morgan fingerprint density at radius 2 is 2.10 bits per heavy atom. The summed E-state index contributed by atoms with van der Waals surface area (Å²) < 4.78 is 15.1. The zero-order valence-corrected chi connectivity index (χ0v) is 16.8. The van der Waals surface area contributed by atoms with Crippen molar-refractivity contribution in [2.24, 2.45) is 29.4 Å². The summed E-state index contributed by atoms with van der Waals surface area (Å²) in [5, 5.41) is 9.78. The summed E-state index contributed by atoms with van der Waals surface area (Å²) in [6.07, 6.45) is 5.30. The molecule has 2 aliphatic rings. The predicted octanol–water partition coefficient (Wildman–Crippen LogP) is 1.41. The average molecular weight is 419 g/mol. The highest BCUT2D eigenvalue weighted by molar-refractivity contribution is 5.93. The summed E-state index contributed by atoms with van der Waals surface area (Å²) in [6.45, 7) is 1.17. The monoisotopic (exact) mass is 419 g/mol. The summed E-state index contributed by atoms with van der Waals surface area (Å²) in [7, 11) is 1.22. The van der Waals surface area contributed by atoms with E-state index in [0.717, 1.165) is 0 Å². The molecule has 2 aliphatic carbocycles. The molecule has 9 nitrogen and oxygen atoms in total. The molecule has 2 fully saturated rings. The van der Waals surface area contributed by atoms with E-state index < -0.39 is 59.0 Å². The van der Waals surface area contributed by atoms with E-state index in [4.69, 9.17) is 19.6 Å². The lowest BCUT2D eigenvalue weighted by molar-refractivity contribution is -0.174. The van der Waals surface area contributed by atoms with E-state index in [1.54, 1.807) is 18.2 Å². The molecule has 9 heteroatoms. The van der Waals surface area contributed by atoms with Crippen molar-refractivity contribution < 1.29 is 38.2 Å². The van der Waals surface area contributed by atoms with Gasteiger partial charge in [-0.3, -0.25) is 19.2 Å². The number of carboxylic acid groups (broad SMARTS) is 1. The first-order valence-electron chi connectivity index (χ1n) is 9.70. The predicted molar refractivity (Wildman–Crippen MR) is 103 cm³/mol. The second-order valence-electron chi connectivity index (χ2n) is 7.88. The standard InChI is InChI=1S/C21H25NO8/c1-11(23)30-16-9-15(20(27)28-2)21(22)7-5-14(19(25)26)13(17(21)18(16)24)4-3-12-6-8-29-10-12/h3-4,6,8,10,13-17H,5,7,9,22H2,1-2H3,(H,25,26)/b4-3+/t13-,14?,15-,16-,17?,21+/m0/s1. The summed E-state index contributed by atoms with van der Waals surface area (Å²) in [5.41, 5.74) is 6.05. The quantitative estimate of drug-likeness (QED) is 0.676. The van der Waals surface area contributed by atoms with Gasteiger partial charge in [-0.25, -0.2) is 0 Å². The maximum Gasteiger partial charge on any atom is 0.310 e. The van der Waals surface area contributed by atoms with Crippen LogP contribution >= 0.6 is 0 Å². The van der Waals surface area contributed by atoms with Crippen LogP contribution in [0.25, 0.3) is 6.08 Å². The van der Waals surface area contributed by atoms with Gasteiger partial charge in [0.05, 0.1) is 31.5 Å². The molecule has 0 bridgehead atoms. The smallest absolute Gasteiger partial charge is 0.310 e. The molecule has 0 aliphatic heterocycles. The van der Waals surface area contributed by atoms with E-state index >= 15 is 0 Å². The Bertz CT molecular complexity index is 860. The van der Waals surface area contributed by atoms with Crippen molar-refractivity contribution in [3.8, 4) is 0 Å². The number of ether oxygens (including phenoxy) is 2. The summed E-state index contributed by atoms with van der Waals surface area (Å²) in [5.74, 6) is -6.43. The maximum atomic E-state index is 13.3. The molecule has 0 saturated heterocycles. The number of methoxy groups -OCH3 is 1. The fraction of sp³-hybridized carbons (Fsp3) is 0.524. The molecule has 1 aromatic heterocycles. The lowest BCUT2D eigenvalue weighted by Crippen LogP contribution is -2.69. The number of aliphatic carboxylic acids is 1. The molecular formula is C21H25NO8. The van der Waals surface area contributed by atoms with Crippen LogP contribution in [-0.4, -0.2) is 47.6 Å². The number of furan rings is 1. The highest BCUT2D eigenvalue weighted by Crippen LogP contribution is 2.50. The van der Waals surface area contributed by atoms with Crippen molar-refractivity contribution in [2.75, 3.05) is 7.11 Å². The Labute approximate surface area is 173 Å². The second kappa shape index (κ2) is 8.43. The lowest BCUT2D eigenvalue weighted by atomic mass is 9.53. The first kappa shape index (κ1) is 21.8. The molecule has 1 aromatic rings. The molecule has 2 unspecified atom stereocenters. The van der Waals surface area contributed by atoms with E-state index in [9.17, 15) is 24.3 Å². The summed E-state index contributed by atoms with van der Waals surface area (Å²) >= 11 is 0. The number of hydrogen-bond acceptors (Lipinski definition) is 8. The van der Waals surface area contributed by atoms with Gasteiger partial charge in [0.1, 0.15) is 0 Å². The highest BCUT2D eigenvalue weighted by atomic mass is 16.5. The van der Waals surface area contributed by atoms with E-state index in [1.165, 1.54) is 26.6 Å². The van der Waals surface area contributed by atoms with Crippen molar-refractivity contribution >= 4 is 29.8 Å². The first-order valence-corrected chi connectivity index (χ1v) is 9.70. The Hall–Kier alpha value is -2.94. The van der Waals surface area contributed by atoms with Crippen molar-refractivity contribution in [1.82, 2.24) is 0 Å². The number of carbonyl (C=O) groups excluding carboxylic acids is 3. The number of rotatable bonds is 5. The molecule has 30 heavy (non-hydrogen) atoms. The third kappa shape index (κ3) is 3.89. The number of hydrogen-bond donors (Lipinski definition) is 2. The number of esters is 2. The largest absolute Gasteiger partial charge is 0.481 e. The number of fused-ring (bicyclic) bond motifs is 1. The number of ketones is 1. The van der Waals surface area contributed by atoms with Gasteiger partial charge < -0.3 is 24.7 Å². The van der Waals surface area contributed by atoms with E-state index in [2.05, 4.69) is 0 Å². The van der Waals surface area contributed by atoms with Gasteiger partial charge in [0.15, 0.2) is 11.9 Å². The number of Topliss-reactive ketones (excluding diaryl/α,β-unsaturated/α-hetero) is 1. The Kier molecular flexibility index (Phi) is 6.12. The van der Waals surface area contributed by atoms with Crippen LogP contribution in [0.4, 0.5) is 0 Å². The molecule has 0 amide bonds. The zero-order valence-electron chi connectivity index (χ0n) is 16.8.